The van der Waals surface area contributed by atoms with E-state index < -0.39 is 21.2 Å². The highest BCUT2D eigenvalue weighted by molar-refractivity contribution is 5.83. The van der Waals surface area contributed by atoms with Gasteiger partial charge in [-0.2, -0.15) is 0 Å². The third kappa shape index (κ3) is 3.07. The Morgan fingerprint density at radius 1 is 0.929 bits per heavy atom. The minimum atomic E-state index is -0.750. The van der Waals surface area contributed by atoms with Crippen molar-refractivity contribution in [1.29, 1.82) is 0 Å². The van der Waals surface area contributed by atoms with Crippen LogP contribution in [-0.4, -0.2) is 9.85 Å². The van der Waals surface area contributed by atoms with Crippen LogP contribution in [0.25, 0.3) is 11.0 Å². The zero-order chi connectivity index (χ0) is 19.8. The van der Waals surface area contributed by atoms with Crippen molar-refractivity contribution < 1.29 is 19.0 Å². The quantitative estimate of drug-likeness (QED) is 0.374. The zero-order valence-corrected chi connectivity index (χ0v) is 14.5. The fraction of sp³-hybridized carbons (Fsp3) is 0.211. The molecule has 0 bridgehead atoms. The Kier molecular flexibility index (Phi) is 4.26. The molecule has 0 saturated heterocycles. The fourth-order valence-corrected chi connectivity index (χ4v) is 3.46. The smallest absolute Gasteiger partial charge is 0.339 e. The molecular weight excluding hydrogens is 368 g/mol. The van der Waals surface area contributed by atoms with Gasteiger partial charge >= 0.3 is 11.3 Å². The highest BCUT2D eigenvalue weighted by Gasteiger charge is 2.22. The van der Waals surface area contributed by atoms with Crippen LogP contribution in [0.5, 0.6) is 11.5 Å². The molecule has 0 amide bonds. The number of ether oxygens (including phenoxy) is 1. The van der Waals surface area contributed by atoms with Crippen LogP contribution in [0, 0.1) is 20.2 Å². The highest BCUT2D eigenvalue weighted by atomic mass is 16.6. The Bertz CT molecular complexity index is 1180. The summed E-state index contributed by atoms with van der Waals surface area (Å²) in [6.07, 6.45) is 3.44. The first kappa shape index (κ1) is 17.7. The van der Waals surface area contributed by atoms with Crippen LogP contribution in [0.3, 0.4) is 0 Å². The van der Waals surface area contributed by atoms with Gasteiger partial charge in [0, 0.05) is 23.1 Å². The van der Waals surface area contributed by atoms with Gasteiger partial charge in [-0.25, -0.2) is 4.79 Å². The lowest BCUT2D eigenvalue weighted by atomic mass is 9.91. The van der Waals surface area contributed by atoms with E-state index in [0.717, 1.165) is 42.3 Å². The van der Waals surface area contributed by atoms with E-state index in [4.69, 9.17) is 9.15 Å². The standard InChI is InChI=1S/C19H14N2O7/c22-19-15-4-2-1-3-13(15)14-7-6-12(10-18(14)28-19)27-17-8-5-11(20(23)24)9-16(17)21(25)26/h5-10H,1-4H2. The molecule has 28 heavy (non-hydrogen) atoms. The predicted molar refractivity (Wildman–Crippen MR) is 99.0 cm³/mol. The molecule has 0 atom stereocenters. The van der Waals surface area contributed by atoms with E-state index in [1.54, 1.807) is 12.1 Å². The number of benzene rings is 2. The number of nitro groups is 2. The Hall–Kier alpha value is -3.75. The summed E-state index contributed by atoms with van der Waals surface area (Å²) < 4.78 is 11.0. The van der Waals surface area contributed by atoms with Crippen LogP contribution in [-0.2, 0) is 12.8 Å². The fourth-order valence-electron chi connectivity index (χ4n) is 3.46. The van der Waals surface area contributed by atoms with Gasteiger partial charge in [0.05, 0.1) is 15.9 Å². The summed E-state index contributed by atoms with van der Waals surface area (Å²) in [5, 5.41) is 22.9. The van der Waals surface area contributed by atoms with Crippen molar-refractivity contribution in [2.75, 3.05) is 0 Å². The number of fused-ring (bicyclic) bond motifs is 3. The number of hydrogen-bond acceptors (Lipinski definition) is 7. The van der Waals surface area contributed by atoms with Gasteiger partial charge in [-0.1, -0.05) is 0 Å². The lowest BCUT2D eigenvalue weighted by Crippen LogP contribution is -2.15. The summed E-state index contributed by atoms with van der Waals surface area (Å²) in [6.45, 7) is 0. The van der Waals surface area contributed by atoms with Crippen molar-refractivity contribution in [1.82, 2.24) is 0 Å². The first-order valence-corrected chi connectivity index (χ1v) is 8.63. The van der Waals surface area contributed by atoms with Gasteiger partial charge in [0.25, 0.3) is 5.69 Å². The second-order valence-electron chi connectivity index (χ2n) is 6.48. The molecule has 1 aromatic heterocycles. The third-order valence-corrected chi connectivity index (χ3v) is 4.77. The van der Waals surface area contributed by atoms with Crippen molar-refractivity contribution in [3.63, 3.8) is 0 Å². The second-order valence-corrected chi connectivity index (χ2v) is 6.48. The van der Waals surface area contributed by atoms with E-state index in [1.165, 1.54) is 12.1 Å². The van der Waals surface area contributed by atoms with Crippen molar-refractivity contribution >= 4 is 22.3 Å². The van der Waals surface area contributed by atoms with Crippen molar-refractivity contribution in [3.8, 4) is 11.5 Å². The summed E-state index contributed by atoms with van der Waals surface area (Å²) in [6, 6.07) is 8.02. The maximum atomic E-state index is 12.2. The zero-order valence-electron chi connectivity index (χ0n) is 14.5. The molecular formula is C19H14N2O7. The van der Waals surface area contributed by atoms with Crippen LogP contribution >= 0.6 is 0 Å². The first-order valence-electron chi connectivity index (χ1n) is 8.63. The van der Waals surface area contributed by atoms with Gasteiger partial charge in [0.2, 0.25) is 5.75 Å². The van der Waals surface area contributed by atoms with Crippen LogP contribution in [0.15, 0.2) is 45.6 Å². The Morgan fingerprint density at radius 3 is 2.39 bits per heavy atom. The average Bonchev–Trinajstić information content (AvgIpc) is 2.68. The van der Waals surface area contributed by atoms with E-state index in [9.17, 15) is 25.0 Å². The molecule has 0 aliphatic heterocycles. The van der Waals surface area contributed by atoms with E-state index in [-0.39, 0.29) is 17.1 Å². The van der Waals surface area contributed by atoms with Crippen molar-refractivity contribution in [2.45, 2.75) is 25.7 Å². The Labute approximate surface area is 157 Å². The van der Waals surface area contributed by atoms with Crippen molar-refractivity contribution in [3.05, 3.63) is 78.2 Å². The number of hydrogen-bond donors (Lipinski definition) is 0. The molecule has 0 fully saturated rings. The molecule has 1 heterocycles. The molecule has 0 unspecified atom stereocenters. The molecule has 0 radical (unpaired) electrons. The molecule has 0 N–H and O–H groups in total. The monoisotopic (exact) mass is 382 g/mol. The summed E-state index contributed by atoms with van der Waals surface area (Å²) in [5.74, 6) is 0.0821. The number of nitrogens with zero attached hydrogens (tertiary/aromatic N) is 2. The summed E-state index contributed by atoms with van der Waals surface area (Å²) in [4.78, 5) is 32.9. The average molecular weight is 382 g/mol. The van der Waals surface area contributed by atoms with E-state index >= 15 is 0 Å². The van der Waals surface area contributed by atoms with Gasteiger partial charge in [-0.15, -0.1) is 0 Å². The topological polar surface area (TPSA) is 126 Å². The lowest BCUT2D eigenvalue weighted by molar-refractivity contribution is -0.394. The number of rotatable bonds is 4. The third-order valence-electron chi connectivity index (χ3n) is 4.77. The van der Waals surface area contributed by atoms with Gasteiger partial charge in [0.1, 0.15) is 11.3 Å². The van der Waals surface area contributed by atoms with Crippen molar-refractivity contribution in [2.24, 2.45) is 0 Å². The van der Waals surface area contributed by atoms with Crippen LogP contribution in [0.1, 0.15) is 24.0 Å². The van der Waals surface area contributed by atoms with Crippen LogP contribution < -0.4 is 10.4 Å². The Morgan fingerprint density at radius 2 is 1.68 bits per heavy atom. The molecule has 3 aromatic rings. The summed E-state index contributed by atoms with van der Waals surface area (Å²) in [5.41, 5.74) is 0.716. The molecule has 0 saturated carbocycles. The number of non-ortho nitro benzene ring substituents is 1. The number of nitro benzene ring substituents is 2. The largest absolute Gasteiger partial charge is 0.450 e. The van der Waals surface area contributed by atoms with Gasteiger partial charge in [0.15, 0.2) is 0 Å². The molecule has 0 spiro atoms. The van der Waals surface area contributed by atoms with E-state index in [1.807, 2.05) is 0 Å². The highest BCUT2D eigenvalue weighted by Crippen LogP contribution is 2.36. The maximum Gasteiger partial charge on any atom is 0.339 e. The molecule has 142 valence electrons. The minimum absolute atomic E-state index is 0.143. The summed E-state index contributed by atoms with van der Waals surface area (Å²) >= 11 is 0. The molecule has 1 aliphatic carbocycles. The molecule has 4 rings (SSSR count). The molecule has 9 heteroatoms. The molecule has 2 aromatic carbocycles. The SMILES string of the molecule is O=c1oc2cc(Oc3ccc([N+](=O)[O-])cc3[N+](=O)[O-])ccc2c2c1CCCC2. The van der Waals surface area contributed by atoms with Crippen LogP contribution in [0.2, 0.25) is 0 Å². The summed E-state index contributed by atoms with van der Waals surface area (Å²) in [7, 11) is 0. The molecule has 1 aliphatic rings. The first-order chi connectivity index (χ1) is 13.4. The number of aryl methyl sites for hydroxylation is 1. The van der Waals surface area contributed by atoms with E-state index in [0.29, 0.717) is 17.6 Å². The minimum Gasteiger partial charge on any atom is -0.450 e. The van der Waals surface area contributed by atoms with E-state index in [2.05, 4.69) is 0 Å². The molecule has 9 nitrogen and oxygen atoms in total. The second kappa shape index (κ2) is 6.76. The lowest BCUT2D eigenvalue weighted by Gasteiger charge is -2.16. The maximum absolute atomic E-state index is 12.2. The normalized spacial score (nSPS) is 13.1. The predicted octanol–water partition coefficient (Wildman–Crippen LogP) is 4.28. The van der Waals surface area contributed by atoms with Gasteiger partial charge in [-0.3, -0.25) is 20.2 Å². The van der Waals surface area contributed by atoms with Gasteiger partial charge in [-0.05, 0) is 49.4 Å². The Balaban J connectivity index is 1.76. The van der Waals surface area contributed by atoms with Gasteiger partial charge < -0.3 is 9.15 Å². The van der Waals surface area contributed by atoms with Crippen LogP contribution in [0.4, 0.5) is 11.4 Å².